The lowest BCUT2D eigenvalue weighted by atomic mass is 9.76. The maximum atomic E-state index is 13.0. The summed E-state index contributed by atoms with van der Waals surface area (Å²) in [7, 11) is 0. The molecule has 160 valence electrons. The van der Waals surface area contributed by atoms with Gasteiger partial charge < -0.3 is 18.9 Å². The first-order valence-corrected chi connectivity index (χ1v) is 10.7. The van der Waals surface area contributed by atoms with Crippen molar-refractivity contribution in [1.82, 2.24) is 10.1 Å². The van der Waals surface area contributed by atoms with Crippen LogP contribution in [-0.2, 0) is 25.5 Å². The molecule has 30 heavy (non-hydrogen) atoms. The van der Waals surface area contributed by atoms with E-state index < -0.39 is 11.5 Å². The maximum Gasteiger partial charge on any atom is 0.314 e. The molecule has 2 fully saturated rings. The van der Waals surface area contributed by atoms with Crippen molar-refractivity contribution in [2.45, 2.75) is 45.1 Å². The van der Waals surface area contributed by atoms with Crippen molar-refractivity contribution < 1.29 is 23.6 Å². The smallest absolute Gasteiger partial charge is 0.314 e. The minimum absolute atomic E-state index is 0.0246. The summed E-state index contributed by atoms with van der Waals surface area (Å²) in [5.41, 5.74) is 0.847. The average molecular weight is 412 g/mol. The predicted octanol–water partition coefficient (Wildman–Crippen LogP) is 3.24. The Hall–Kier alpha value is -2.67. The Morgan fingerprint density at radius 1 is 1.27 bits per heavy atom. The largest absolute Gasteiger partial charge is 0.466 e. The molecule has 0 spiro atoms. The quantitative estimate of drug-likeness (QED) is 0.678. The molecule has 0 radical (unpaired) electrons. The van der Waals surface area contributed by atoms with Crippen LogP contribution < -0.4 is 0 Å². The fraction of sp³-hybridized carbons (Fsp3) is 0.522. The molecule has 1 aromatic carbocycles. The van der Waals surface area contributed by atoms with Gasteiger partial charge in [0.05, 0.1) is 12.0 Å². The van der Waals surface area contributed by atoms with Crippen LogP contribution in [0.25, 0.3) is 11.3 Å². The molecule has 2 atom stereocenters. The molecule has 0 saturated carbocycles. The standard InChI is InChI=1S/C23H28N2O5/c1-2-28-22(27)23(11-7-12-25(16-23)21(26)20-10-6-13-29-20)15-18-14-19(24-30-18)17-8-4-3-5-9-17/h3-5,8-9,14,20H,2,6-7,10-13,15-16H2,1H3. The van der Waals surface area contributed by atoms with Crippen molar-refractivity contribution in [1.29, 1.82) is 0 Å². The number of ether oxygens (including phenoxy) is 2. The molecule has 0 aliphatic carbocycles. The molecule has 0 N–H and O–H groups in total. The van der Waals surface area contributed by atoms with E-state index in [1.165, 1.54) is 0 Å². The number of amides is 1. The van der Waals surface area contributed by atoms with Gasteiger partial charge in [0.25, 0.3) is 5.91 Å². The highest BCUT2D eigenvalue weighted by Crippen LogP contribution is 2.37. The van der Waals surface area contributed by atoms with Crippen LogP contribution in [0.4, 0.5) is 0 Å². The van der Waals surface area contributed by atoms with Gasteiger partial charge in [-0.1, -0.05) is 35.5 Å². The Labute approximate surface area is 176 Å². The van der Waals surface area contributed by atoms with Gasteiger partial charge in [-0.15, -0.1) is 0 Å². The van der Waals surface area contributed by atoms with Crippen molar-refractivity contribution >= 4 is 11.9 Å². The van der Waals surface area contributed by atoms with E-state index in [1.54, 1.807) is 11.8 Å². The number of hydrogen-bond donors (Lipinski definition) is 0. The van der Waals surface area contributed by atoms with E-state index in [2.05, 4.69) is 5.16 Å². The zero-order valence-corrected chi connectivity index (χ0v) is 17.3. The van der Waals surface area contributed by atoms with Crippen LogP contribution >= 0.6 is 0 Å². The monoisotopic (exact) mass is 412 g/mol. The molecule has 2 aliphatic heterocycles. The fourth-order valence-electron chi connectivity index (χ4n) is 4.44. The third-order valence-corrected chi connectivity index (χ3v) is 5.94. The molecule has 7 nitrogen and oxygen atoms in total. The molecule has 1 amide bonds. The van der Waals surface area contributed by atoms with E-state index >= 15 is 0 Å². The van der Waals surface area contributed by atoms with Crippen LogP contribution in [0, 0.1) is 5.41 Å². The van der Waals surface area contributed by atoms with Crippen LogP contribution in [0.1, 0.15) is 38.4 Å². The molecule has 7 heteroatoms. The van der Waals surface area contributed by atoms with Gasteiger partial charge in [-0.05, 0) is 32.6 Å². The fourth-order valence-corrected chi connectivity index (χ4v) is 4.44. The van der Waals surface area contributed by atoms with Crippen molar-refractivity contribution in [2.75, 3.05) is 26.3 Å². The summed E-state index contributed by atoms with van der Waals surface area (Å²) >= 11 is 0. The van der Waals surface area contributed by atoms with Crippen LogP contribution in [0.3, 0.4) is 0 Å². The summed E-state index contributed by atoms with van der Waals surface area (Å²) in [6, 6.07) is 11.6. The Morgan fingerprint density at radius 2 is 2.10 bits per heavy atom. The van der Waals surface area contributed by atoms with Gasteiger partial charge in [-0.3, -0.25) is 9.59 Å². The average Bonchev–Trinajstić information content (AvgIpc) is 3.47. The highest BCUT2D eigenvalue weighted by molar-refractivity contribution is 5.83. The van der Waals surface area contributed by atoms with Crippen molar-refractivity contribution in [3.63, 3.8) is 0 Å². The van der Waals surface area contributed by atoms with Gasteiger partial charge in [0.2, 0.25) is 0 Å². The Kier molecular flexibility index (Phi) is 6.18. The first-order valence-electron chi connectivity index (χ1n) is 10.7. The molecular weight excluding hydrogens is 384 g/mol. The lowest BCUT2D eigenvalue weighted by molar-refractivity contribution is -0.162. The lowest BCUT2D eigenvalue weighted by Gasteiger charge is -2.41. The first-order chi connectivity index (χ1) is 14.6. The van der Waals surface area contributed by atoms with Gasteiger partial charge >= 0.3 is 5.97 Å². The van der Waals surface area contributed by atoms with E-state index in [9.17, 15) is 9.59 Å². The molecule has 3 heterocycles. The van der Waals surface area contributed by atoms with Gasteiger partial charge in [0, 0.05) is 37.7 Å². The molecule has 1 aromatic heterocycles. The van der Waals surface area contributed by atoms with Gasteiger partial charge in [-0.2, -0.15) is 0 Å². The molecule has 2 saturated heterocycles. The van der Waals surface area contributed by atoms with Crippen LogP contribution in [-0.4, -0.2) is 54.3 Å². The van der Waals surface area contributed by atoms with Crippen molar-refractivity contribution in [2.24, 2.45) is 5.41 Å². The normalized spacial score (nSPS) is 24.0. The lowest BCUT2D eigenvalue weighted by Crippen LogP contribution is -2.53. The minimum Gasteiger partial charge on any atom is -0.466 e. The second kappa shape index (κ2) is 9.00. The number of likely N-dealkylation sites (tertiary alicyclic amines) is 1. The van der Waals surface area contributed by atoms with E-state index in [1.807, 2.05) is 36.4 Å². The Morgan fingerprint density at radius 3 is 2.83 bits per heavy atom. The topological polar surface area (TPSA) is 81.9 Å². The number of carbonyl (C=O) groups is 2. The van der Waals surface area contributed by atoms with E-state index in [-0.39, 0.29) is 11.9 Å². The number of esters is 1. The second-order valence-electron chi connectivity index (χ2n) is 8.09. The van der Waals surface area contributed by atoms with E-state index in [0.29, 0.717) is 44.9 Å². The summed E-state index contributed by atoms with van der Waals surface area (Å²) in [5, 5.41) is 4.18. The van der Waals surface area contributed by atoms with E-state index in [4.69, 9.17) is 14.0 Å². The summed E-state index contributed by atoms with van der Waals surface area (Å²) in [6.45, 7) is 3.66. The number of carbonyl (C=O) groups excluding carboxylic acids is 2. The highest BCUT2D eigenvalue weighted by atomic mass is 16.5. The van der Waals surface area contributed by atoms with Crippen LogP contribution in [0.5, 0.6) is 0 Å². The summed E-state index contributed by atoms with van der Waals surface area (Å²) in [4.78, 5) is 27.7. The number of rotatable bonds is 6. The second-order valence-corrected chi connectivity index (χ2v) is 8.09. The zero-order valence-electron chi connectivity index (χ0n) is 17.3. The summed E-state index contributed by atoms with van der Waals surface area (Å²) in [6.07, 6.45) is 2.97. The van der Waals surface area contributed by atoms with Crippen molar-refractivity contribution in [3.8, 4) is 11.3 Å². The Bertz CT molecular complexity index is 875. The molecular formula is C23H28N2O5. The van der Waals surface area contributed by atoms with Crippen molar-refractivity contribution in [3.05, 3.63) is 42.2 Å². The SMILES string of the molecule is CCOC(=O)C1(Cc2cc(-c3ccccc3)no2)CCCN(C(=O)C2CCCO2)C1. The third kappa shape index (κ3) is 4.26. The number of hydrogen-bond acceptors (Lipinski definition) is 6. The third-order valence-electron chi connectivity index (χ3n) is 5.94. The molecule has 2 unspecified atom stereocenters. The van der Waals surface area contributed by atoms with Gasteiger partial charge in [0.1, 0.15) is 17.6 Å². The summed E-state index contributed by atoms with van der Waals surface area (Å²) in [5.74, 6) is 0.309. The number of benzene rings is 1. The molecule has 0 bridgehead atoms. The number of aromatic nitrogens is 1. The Balaban J connectivity index is 1.56. The first kappa shape index (κ1) is 20.6. The molecule has 2 aromatic rings. The number of piperidine rings is 1. The zero-order chi connectivity index (χ0) is 21.0. The predicted molar refractivity (Wildman–Crippen MR) is 109 cm³/mol. The van der Waals surface area contributed by atoms with Crippen LogP contribution in [0.15, 0.2) is 40.9 Å². The highest BCUT2D eigenvalue weighted by Gasteiger charge is 2.46. The van der Waals surface area contributed by atoms with Gasteiger partial charge in [0.15, 0.2) is 0 Å². The van der Waals surface area contributed by atoms with Gasteiger partial charge in [-0.25, -0.2) is 0 Å². The van der Waals surface area contributed by atoms with E-state index in [0.717, 1.165) is 30.5 Å². The molecule has 2 aliphatic rings. The summed E-state index contributed by atoms with van der Waals surface area (Å²) < 4.78 is 16.6. The van der Waals surface area contributed by atoms with Crippen LogP contribution in [0.2, 0.25) is 0 Å². The molecule has 4 rings (SSSR count). The maximum absolute atomic E-state index is 13.0. The number of nitrogens with zero attached hydrogens (tertiary/aromatic N) is 2. The minimum atomic E-state index is -0.837.